The van der Waals surface area contributed by atoms with Crippen molar-refractivity contribution in [2.45, 2.75) is 26.8 Å². The smallest absolute Gasteiger partial charge is 0.258 e. The highest BCUT2D eigenvalue weighted by molar-refractivity contribution is 5.78. The normalized spacial score (nSPS) is 11.7. The summed E-state index contributed by atoms with van der Waals surface area (Å²) in [7, 11) is 1.41. The number of carbonyl (C=O) groups excluding carboxylic acids is 1. The van der Waals surface area contributed by atoms with Crippen molar-refractivity contribution in [3.63, 3.8) is 0 Å². The van der Waals surface area contributed by atoms with Crippen molar-refractivity contribution in [3.05, 3.63) is 58.9 Å². The van der Waals surface area contributed by atoms with Gasteiger partial charge in [-0.25, -0.2) is 4.39 Å². The first-order valence-corrected chi connectivity index (χ1v) is 7.74. The summed E-state index contributed by atoms with van der Waals surface area (Å²) in [4.78, 5) is 12.1. The predicted octanol–water partition coefficient (Wildman–Crippen LogP) is 3.71. The van der Waals surface area contributed by atoms with Crippen LogP contribution in [0, 0.1) is 19.7 Å². The summed E-state index contributed by atoms with van der Waals surface area (Å²) in [5, 5.41) is 2.80. The molecule has 1 atom stereocenters. The zero-order valence-electron chi connectivity index (χ0n) is 14.4. The maximum atomic E-state index is 13.7. The number of aryl methyl sites for hydroxylation is 2. The van der Waals surface area contributed by atoms with Crippen molar-refractivity contribution < 1.29 is 18.7 Å². The SMILES string of the molecule is COc1ccc(C(C)NC(=O)COc2c(C)cccc2C)cc1F. The topological polar surface area (TPSA) is 47.6 Å². The number of methoxy groups -OCH3 is 1. The number of para-hydroxylation sites is 1. The van der Waals surface area contributed by atoms with E-state index < -0.39 is 5.82 Å². The molecule has 5 heteroatoms. The molecule has 128 valence electrons. The van der Waals surface area contributed by atoms with Gasteiger partial charge < -0.3 is 14.8 Å². The average molecular weight is 331 g/mol. The first-order valence-electron chi connectivity index (χ1n) is 7.74. The minimum atomic E-state index is -0.456. The lowest BCUT2D eigenvalue weighted by Gasteiger charge is -2.16. The molecule has 0 aliphatic carbocycles. The number of rotatable bonds is 6. The third-order valence-corrected chi connectivity index (χ3v) is 3.81. The number of ether oxygens (including phenoxy) is 2. The van der Waals surface area contributed by atoms with Crippen molar-refractivity contribution >= 4 is 5.91 Å². The molecule has 1 N–H and O–H groups in total. The second kappa shape index (κ2) is 7.81. The Hall–Kier alpha value is -2.56. The van der Waals surface area contributed by atoms with Crippen molar-refractivity contribution in [2.24, 2.45) is 0 Å². The molecular formula is C19H22FNO3. The summed E-state index contributed by atoms with van der Waals surface area (Å²) < 4.78 is 24.3. The zero-order chi connectivity index (χ0) is 17.7. The zero-order valence-corrected chi connectivity index (χ0v) is 14.4. The van der Waals surface area contributed by atoms with Gasteiger partial charge in [0.1, 0.15) is 5.75 Å². The van der Waals surface area contributed by atoms with E-state index in [1.165, 1.54) is 13.2 Å². The molecule has 24 heavy (non-hydrogen) atoms. The minimum Gasteiger partial charge on any atom is -0.494 e. The lowest BCUT2D eigenvalue weighted by Crippen LogP contribution is -2.31. The molecule has 0 bridgehead atoms. The Kier molecular flexibility index (Phi) is 5.79. The Balaban J connectivity index is 1.95. The molecule has 0 fully saturated rings. The third kappa shape index (κ3) is 4.25. The van der Waals surface area contributed by atoms with E-state index in [1.54, 1.807) is 19.1 Å². The highest BCUT2D eigenvalue weighted by atomic mass is 19.1. The Morgan fingerprint density at radius 3 is 2.46 bits per heavy atom. The van der Waals surface area contributed by atoms with Gasteiger partial charge in [0.2, 0.25) is 0 Å². The van der Waals surface area contributed by atoms with Crippen LogP contribution in [0.2, 0.25) is 0 Å². The molecule has 2 rings (SSSR count). The van der Waals surface area contributed by atoms with Crippen molar-refractivity contribution in [2.75, 3.05) is 13.7 Å². The maximum absolute atomic E-state index is 13.7. The van der Waals surface area contributed by atoms with Gasteiger partial charge in [0.05, 0.1) is 13.2 Å². The molecule has 4 nitrogen and oxygen atoms in total. The van der Waals surface area contributed by atoms with E-state index in [1.807, 2.05) is 32.0 Å². The summed E-state index contributed by atoms with van der Waals surface area (Å²) in [6, 6.07) is 10.1. The van der Waals surface area contributed by atoms with Crippen LogP contribution in [0.25, 0.3) is 0 Å². The fraction of sp³-hybridized carbons (Fsp3) is 0.316. The molecule has 1 unspecified atom stereocenters. The van der Waals surface area contributed by atoms with E-state index in [0.29, 0.717) is 5.56 Å². The predicted molar refractivity (Wildman–Crippen MR) is 90.9 cm³/mol. The Bertz CT molecular complexity index is 710. The van der Waals surface area contributed by atoms with Crippen molar-refractivity contribution in [1.29, 1.82) is 0 Å². The van der Waals surface area contributed by atoms with E-state index in [2.05, 4.69) is 5.32 Å². The van der Waals surface area contributed by atoms with E-state index >= 15 is 0 Å². The highest BCUT2D eigenvalue weighted by Crippen LogP contribution is 2.23. The van der Waals surface area contributed by atoms with Crippen molar-refractivity contribution in [3.8, 4) is 11.5 Å². The summed E-state index contributed by atoms with van der Waals surface area (Å²) >= 11 is 0. The summed E-state index contributed by atoms with van der Waals surface area (Å²) in [5.41, 5.74) is 2.62. The van der Waals surface area contributed by atoms with Gasteiger partial charge in [-0.2, -0.15) is 0 Å². The van der Waals surface area contributed by atoms with Gasteiger partial charge in [-0.15, -0.1) is 0 Å². The summed E-state index contributed by atoms with van der Waals surface area (Å²) in [5.74, 6) is 0.177. The molecule has 0 spiro atoms. The van der Waals surface area contributed by atoms with Gasteiger partial charge in [0.25, 0.3) is 5.91 Å². The van der Waals surface area contributed by atoms with Crippen LogP contribution in [0.15, 0.2) is 36.4 Å². The summed E-state index contributed by atoms with van der Waals surface area (Å²) in [6.07, 6.45) is 0. The van der Waals surface area contributed by atoms with E-state index in [-0.39, 0.29) is 24.3 Å². The van der Waals surface area contributed by atoms with Crippen LogP contribution in [0.5, 0.6) is 11.5 Å². The maximum Gasteiger partial charge on any atom is 0.258 e. The number of hydrogen-bond acceptors (Lipinski definition) is 3. The van der Waals surface area contributed by atoms with Crippen LogP contribution in [0.1, 0.15) is 29.7 Å². The molecule has 0 aromatic heterocycles. The molecule has 0 heterocycles. The molecule has 1 amide bonds. The Labute approximate surface area is 141 Å². The van der Waals surface area contributed by atoms with Crippen LogP contribution in [-0.4, -0.2) is 19.6 Å². The monoisotopic (exact) mass is 331 g/mol. The first-order chi connectivity index (χ1) is 11.4. The molecule has 0 saturated carbocycles. The number of hydrogen-bond donors (Lipinski definition) is 1. The lowest BCUT2D eigenvalue weighted by molar-refractivity contribution is -0.123. The first kappa shape index (κ1) is 17.8. The van der Waals surface area contributed by atoms with Crippen molar-refractivity contribution in [1.82, 2.24) is 5.32 Å². The van der Waals surface area contributed by atoms with Gasteiger partial charge in [-0.05, 0) is 49.6 Å². The molecule has 0 aliphatic rings. The minimum absolute atomic E-state index is 0.0886. The van der Waals surface area contributed by atoms with E-state index in [9.17, 15) is 9.18 Å². The molecule has 0 radical (unpaired) electrons. The van der Waals surface area contributed by atoms with E-state index in [4.69, 9.17) is 9.47 Å². The fourth-order valence-corrected chi connectivity index (χ4v) is 2.48. The van der Waals surface area contributed by atoms with Crippen LogP contribution >= 0.6 is 0 Å². The number of benzene rings is 2. The quantitative estimate of drug-likeness (QED) is 0.878. The molecule has 2 aromatic rings. The Morgan fingerprint density at radius 2 is 1.88 bits per heavy atom. The third-order valence-electron chi connectivity index (χ3n) is 3.81. The highest BCUT2D eigenvalue weighted by Gasteiger charge is 2.13. The number of halogens is 1. The van der Waals surface area contributed by atoms with E-state index in [0.717, 1.165) is 16.9 Å². The van der Waals surface area contributed by atoms with Gasteiger partial charge in [0.15, 0.2) is 18.2 Å². The number of nitrogens with one attached hydrogen (secondary N) is 1. The molecule has 2 aromatic carbocycles. The average Bonchev–Trinajstić information content (AvgIpc) is 2.54. The largest absolute Gasteiger partial charge is 0.494 e. The molecular weight excluding hydrogens is 309 g/mol. The van der Waals surface area contributed by atoms with Crippen LogP contribution in [-0.2, 0) is 4.79 Å². The van der Waals surface area contributed by atoms with Gasteiger partial charge in [-0.1, -0.05) is 24.3 Å². The van der Waals surface area contributed by atoms with Gasteiger partial charge in [-0.3, -0.25) is 4.79 Å². The molecule has 0 saturated heterocycles. The lowest BCUT2D eigenvalue weighted by atomic mass is 10.1. The number of carbonyl (C=O) groups is 1. The van der Waals surface area contributed by atoms with Gasteiger partial charge >= 0.3 is 0 Å². The van der Waals surface area contributed by atoms with Gasteiger partial charge in [0, 0.05) is 0 Å². The van der Waals surface area contributed by atoms with Crippen LogP contribution in [0.3, 0.4) is 0 Å². The van der Waals surface area contributed by atoms with Crippen LogP contribution < -0.4 is 14.8 Å². The second-order valence-corrected chi connectivity index (χ2v) is 5.69. The summed E-state index contributed by atoms with van der Waals surface area (Å²) in [6.45, 7) is 5.57. The number of amides is 1. The Morgan fingerprint density at radius 1 is 1.21 bits per heavy atom. The molecule has 0 aliphatic heterocycles. The fourth-order valence-electron chi connectivity index (χ4n) is 2.48. The second-order valence-electron chi connectivity index (χ2n) is 5.69. The van der Waals surface area contributed by atoms with Crippen LogP contribution in [0.4, 0.5) is 4.39 Å². The standard InChI is InChI=1S/C19H22FNO3/c1-12-6-5-7-13(2)19(12)24-11-18(22)21-14(3)15-8-9-17(23-4)16(20)10-15/h5-10,14H,11H2,1-4H3,(H,21,22).